The Labute approximate surface area is 214 Å². The molecule has 1 N–H and O–H groups in total. The van der Waals surface area contributed by atoms with Gasteiger partial charge in [-0.2, -0.15) is 4.72 Å². The van der Waals surface area contributed by atoms with Crippen LogP contribution in [0.25, 0.3) is 0 Å². The maximum atomic E-state index is 13.4. The lowest BCUT2D eigenvalue weighted by atomic mass is 9.91. The molecular formula is C26H39N3O6S. The number of carbonyl (C=O) groups excluding carboxylic acids is 3. The van der Waals surface area contributed by atoms with Crippen LogP contribution in [0.5, 0.6) is 0 Å². The van der Waals surface area contributed by atoms with Gasteiger partial charge in [0, 0.05) is 32.1 Å². The van der Waals surface area contributed by atoms with E-state index >= 15 is 0 Å². The number of hydrogen-bond donors (Lipinski definition) is 1. The fourth-order valence-electron chi connectivity index (χ4n) is 4.90. The monoisotopic (exact) mass is 521 g/mol. The molecule has 9 nitrogen and oxygen atoms in total. The minimum absolute atomic E-state index is 0.0731. The second-order valence-corrected chi connectivity index (χ2v) is 11.7. The first-order valence-electron chi connectivity index (χ1n) is 12.8. The summed E-state index contributed by atoms with van der Waals surface area (Å²) in [7, 11) is -2.47. The highest BCUT2D eigenvalue weighted by Crippen LogP contribution is 2.26. The number of ether oxygens (including phenoxy) is 1. The average molecular weight is 522 g/mol. The summed E-state index contributed by atoms with van der Waals surface area (Å²) in [5.41, 5.74) is 0.953. The Hall–Kier alpha value is -2.46. The molecule has 3 rings (SSSR count). The van der Waals surface area contributed by atoms with Crippen LogP contribution in [-0.2, 0) is 29.1 Å². The van der Waals surface area contributed by atoms with Gasteiger partial charge in [-0.3, -0.25) is 14.4 Å². The van der Waals surface area contributed by atoms with Gasteiger partial charge >= 0.3 is 5.97 Å². The third-order valence-electron chi connectivity index (χ3n) is 7.59. The van der Waals surface area contributed by atoms with Crippen LogP contribution in [0.4, 0.5) is 0 Å². The Bertz CT molecular complexity index is 1030. The maximum Gasteiger partial charge on any atom is 0.308 e. The van der Waals surface area contributed by atoms with Crippen molar-refractivity contribution in [3.8, 4) is 0 Å². The van der Waals surface area contributed by atoms with Crippen molar-refractivity contribution in [1.82, 2.24) is 14.5 Å². The molecule has 2 fully saturated rings. The van der Waals surface area contributed by atoms with Crippen molar-refractivity contribution in [2.75, 3.05) is 33.3 Å². The third kappa shape index (κ3) is 6.64. The van der Waals surface area contributed by atoms with Crippen LogP contribution in [0.1, 0.15) is 51.5 Å². The van der Waals surface area contributed by atoms with Gasteiger partial charge in [-0.15, -0.1) is 0 Å². The number of nitrogens with zero attached hydrogens (tertiary/aromatic N) is 2. The predicted molar refractivity (Wildman–Crippen MR) is 135 cm³/mol. The zero-order valence-corrected chi connectivity index (χ0v) is 22.6. The summed E-state index contributed by atoms with van der Waals surface area (Å²) in [6, 6.07) is 5.68. The summed E-state index contributed by atoms with van der Waals surface area (Å²) < 4.78 is 33.5. The van der Waals surface area contributed by atoms with Gasteiger partial charge in [-0.25, -0.2) is 8.42 Å². The largest absolute Gasteiger partial charge is 0.469 e. The number of esters is 1. The smallest absolute Gasteiger partial charge is 0.308 e. The van der Waals surface area contributed by atoms with Crippen LogP contribution < -0.4 is 4.72 Å². The van der Waals surface area contributed by atoms with E-state index < -0.39 is 16.1 Å². The molecule has 2 aliphatic heterocycles. The Morgan fingerprint density at radius 3 is 2.03 bits per heavy atom. The highest BCUT2D eigenvalue weighted by Gasteiger charge is 2.37. The van der Waals surface area contributed by atoms with E-state index in [4.69, 9.17) is 4.74 Å². The zero-order chi connectivity index (χ0) is 26.5. The molecule has 0 radical (unpaired) electrons. The van der Waals surface area contributed by atoms with Gasteiger partial charge in [0.1, 0.15) is 6.04 Å². The van der Waals surface area contributed by atoms with Crippen LogP contribution in [-0.4, -0.2) is 75.3 Å². The fraction of sp³-hybridized carbons (Fsp3) is 0.654. The van der Waals surface area contributed by atoms with E-state index in [2.05, 4.69) is 4.72 Å². The van der Waals surface area contributed by atoms with Crippen LogP contribution in [0, 0.1) is 24.7 Å². The summed E-state index contributed by atoms with van der Waals surface area (Å²) in [6.07, 6.45) is 2.93. The molecule has 1 aromatic rings. The van der Waals surface area contributed by atoms with Gasteiger partial charge in [-0.1, -0.05) is 38.0 Å². The highest BCUT2D eigenvalue weighted by molar-refractivity contribution is 7.89. The maximum absolute atomic E-state index is 13.4. The Morgan fingerprint density at radius 1 is 0.972 bits per heavy atom. The number of hydrogen-bond acceptors (Lipinski definition) is 6. The summed E-state index contributed by atoms with van der Waals surface area (Å²) in [6.45, 7) is 7.57. The molecule has 0 aliphatic carbocycles. The molecule has 2 heterocycles. The number of carbonyl (C=O) groups is 3. The molecular weight excluding hydrogens is 482 g/mol. The number of methoxy groups -OCH3 is 1. The molecule has 0 saturated carbocycles. The topological polar surface area (TPSA) is 113 Å². The number of likely N-dealkylation sites (tertiary alicyclic amines) is 2. The molecule has 2 aliphatic rings. The molecule has 10 heteroatoms. The molecule has 2 saturated heterocycles. The molecule has 2 amide bonds. The lowest BCUT2D eigenvalue weighted by Gasteiger charge is -2.38. The fourth-order valence-corrected chi connectivity index (χ4v) is 6.20. The van der Waals surface area contributed by atoms with Gasteiger partial charge in [0.2, 0.25) is 21.8 Å². The summed E-state index contributed by atoms with van der Waals surface area (Å²) in [5.74, 6) is -0.903. The number of amides is 2. The summed E-state index contributed by atoms with van der Waals surface area (Å²) in [5, 5.41) is 0. The molecule has 200 valence electrons. The normalized spacial score (nSPS) is 19.6. The van der Waals surface area contributed by atoms with Crippen LogP contribution in [0.15, 0.2) is 29.2 Å². The van der Waals surface area contributed by atoms with E-state index in [1.807, 2.05) is 25.7 Å². The highest BCUT2D eigenvalue weighted by atomic mass is 32.2. The summed E-state index contributed by atoms with van der Waals surface area (Å²) >= 11 is 0. The van der Waals surface area contributed by atoms with E-state index in [0.29, 0.717) is 58.3 Å². The molecule has 1 aromatic carbocycles. The Kier molecular flexibility index (Phi) is 9.52. The minimum atomic E-state index is -3.86. The van der Waals surface area contributed by atoms with E-state index in [1.165, 1.54) is 7.11 Å². The van der Waals surface area contributed by atoms with Crippen molar-refractivity contribution < 1.29 is 27.5 Å². The van der Waals surface area contributed by atoms with Crippen molar-refractivity contribution in [1.29, 1.82) is 0 Å². The quantitative estimate of drug-likeness (QED) is 0.526. The standard InChI is InChI=1S/C26H39N3O6S/c1-5-19(3)23(27-36(33,34)22-8-6-18(2)7-9-22)25(31)29-14-10-20(11-15-29)24(30)28-16-12-21(13-17-28)26(32)35-4/h6-9,19-21,23,27H,5,10-17H2,1-4H3/t19-,23-/m0/s1. The van der Waals surface area contributed by atoms with E-state index in [-0.39, 0.29) is 40.4 Å². The molecule has 0 spiro atoms. The van der Waals surface area contributed by atoms with Crippen molar-refractivity contribution in [2.45, 2.75) is 63.8 Å². The first-order valence-corrected chi connectivity index (χ1v) is 14.3. The van der Waals surface area contributed by atoms with Gasteiger partial charge in [0.15, 0.2) is 0 Å². The van der Waals surface area contributed by atoms with Gasteiger partial charge in [0.25, 0.3) is 0 Å². The van der Waals surface area contributed by atoms with Crippen LogP contribution >= 0.6 is 0 Å². The van der Waals surface area contributed by atoms with Crippen molar-refractivity contribution in [2.24, 2.45) is 17.8 Å². The molecule has 0 bridgehead atoms. The molecule has 36 heavy (non-hydrogen) atoms. The summed E-state index contributed by atoms with van der Waals surface area (Å²) in [4.78, 5) is 41.9. The second-order valence-electron chi connectivity index (χ2n) is 10.0. The van der Waals surface area contributed by atoms with Crippen molar-refractivity contribution in [3.05, 3.63) is 29.8 Å². The van der Waals surface area contributed by atoms with E-state index in [0.717, 1.165) is 5.56 Å². The number of sulfonamides is 1. The van der Waals surface area contributed by atoms with Crippen molar-refractivity contribution >= 4 is 27.8 Å². The number of rotatable bonds is 8. The van der Waals surface area contributed by atoms with Crippen molar-refractivity contribution in [3.63, 3.8) is 0 Å². The zero-order valence-electron chi connectivity index (χ0n) is 21.7. The second kappa shape index (κ2) is 12.2. The van der Waals surface area contributed by atoms with E-state index in [1.54, 1.807) is 29.2 Å². The van der Waals surface area contributed by atoms with Crippen LogP contribution in [0.2, 0.25) is 0 Å². The predicted octanol–water partition coefficient (Wildman–Crippen LogP) is 2.34. The number of benzene rings is 1. The van der Waals surface area contributed by atoms with Gasteiger partial charge in [0.05, 0.1) is 17.9 Å². The van der Waals surface area contributed by atoms with Crippen LogP contribution in [0.3, 0.4) is 0 Å². The Morgan fingerprint density at radius 2 is 1.50 bits per heavy atom. The minimum Gasteiger partial charge on any atom is -0.469 e. The number of nitrogens with one attached hydrogen (secondary N) is 1. The third-order valence-corrected chi connectivity index (χ3v) is 9.05. The lowest BCUT2D eigenvalue weighted by molar-refractivity contribution is -0.150. The first-order chi connectivity index (χ1) is 17.1. The number of piperidine rings is 2. The lowest BCUT2D eigenvalue weighted by Crippen LogP contribution is -2.54. The molecule has 0 unspecified atom stereocenters. The first kappa shape index (κ1) is 28.1. The SMILES string of the molecule is CC[C@H](C)[C@H](NS(=O)(=O)c1ccc(C)cc1)C(=O)N1CCC(C(=O)N2CCC(C(=O)OC)CC2)CC1. The molecule has 0 aromatic heterocycles. The molecule has 2 atom stereocenters. The van der Waals surface area contributed by atoms with E-state index in [9.17, 15) is 22.8 Å². The van der Waals surface area contributed by atoms with Gasteiger partial charge in [-0.05, 0) is 50.7 Å². The van der Waals surface area contributed by atoms with Gasteiger partial charge < -0.3 is 14.5 Å². The average Bonchev–Trinajstić information content (AvgIpc) is 2.90. The Balaban J connectivity index is 1.59. The number of aryl methyl sites for hydroxylation is 1.